The topological polar surface area (TPSA) is 44.5 Å². The highest BCUT2D eigenvalue weighted by molar-refractivity contribution is 5.52. The Bertz CT molecular complexity index is 484. The van der Waals surface area contributed by atoms with Crippen LogP contribution in [0.1, 0.15) is 44.2 Å². The van der Waals surface area contributed by atoms with Crippen LogP contribution in [0.4, 0.5) is 0 Å². The molecule has 0 radical (unpaired) electrons. The number of rotatable bonds is 2. The normalized spacial score (nSPS) is 22.7. The first kappa shape index (κ1) is 11.8. The van der Waals surface area contributed by atoms with E-state index in [2.05, 4.69) is 19.1 Å². The Labute approximate surface area is 108 Å². The van der Waals surface area contributed by atoms with Crippen LogP contribution in [0.3, 0.4) is 0 Å². The van der Waals surface area contributed by atoms with Crippen LogP contribution in [0.5, 0.6) is 11.5 Å². The molecular formula is C15H21NO2. The van der Waals surface area contributed by atoms with Gasteiger partial charge >= 0.3 is 0 Å². The van der Waals surface area contributed by atoms with E-state index in [0.29, 0.717) is 0 Å². The van der Waals surface area contributed by atoms with Crippen molar-refractivity contribution in [1.82, 2.24) is 0 Å². The molecule has 0 saturated heterocycles. The number of nitrogens with two attached hydrogens (primary N) is 1. The first-order chi connectivity index (χ1) is 8.46. The lowest BCUT2D eigenvalue weighted by atomic mass is 9.63. The molecule has 2 N–H and O–H groups in total. The van der Waals surface area contributed by atoms with Crippen molar-refractivity contribution in [2.45, 2.75) is 51.2 Å². The van der Waals surface area contributed by atoms with Crippen LogP contribution < -0.4 is 15.2 Å². The number of ether oxygens (including phenoxy) is 2. The highest BCUT2D eigenvalue weighted by atomic mass is 16.7. The highest BCUT2D eigenvalue weighted by Gasteiger charge is 2.40. The van der Waals surface area contributed by atoms with Crippen molar-refractivity contribution in [2.24, 2.45) is 5.73 Å². The van der Waals surface area contributed by atoms with Gasteiger partial charge in [0.1, 0.15) is 0 Å². The van der Waals surface area contributed by atoms with Crippen LogP contribution in [0.15, 0.2) is 12.1 Å². The lowest BCUT2D eigenvalue weighted by Crippen LogP contribution is -2.42. The molecule has 98 valence electrons. The van der Waals surface area contributed by atoms with Crippen LogP contribution in [-0.2, 0) is 5.41 Å². The van der Waals surface area contributed by atoms with Gasteiger partial charge in [-0.15, -0.1) is 0 Å². The first-order valence-electron chi connectivity index (χ1n) is 6.69. The zero-order chi connectivity index (χ0) is 13.0. The third-order valence-electron chi connectivity index (χ3n) is 4.27. The molecule has 1 aromatic carbocycles. The first-order valence-corrected chi connectivity index (χ1v) is 6.69. The summed E-state index contributed by atoms with van der Waals surface area (Å²) in [6.45, 7) is 6.73. The number of benzene rings is 1. The van der Waals surface area contributed by atoms with Crippen molar-refractivity contribution in [2.75, 3.05) is 6.54 Å². The maximum atomic E-state index is 6.00. The lowest BCUT2D eigenvalue weighted by Gasteiger charge is -2.42. The van der Waals surface area contributed by atoms with Crippen LogP contribution in [-0.4, -0.2) is 12.3 Å². The van der Waals surface area contributed by atoms with Gasteiger partial charge in [0.2, 0.25) is 5.79 Å². The third-order valence-corrected chi connectivity index (χ3v) is 4.27. The summed E-state index contributed by atoms with van der Waals surface area (Å²) in [6, 6.07) is 4.24. The smallest absolute Gasteiger partial charge is 0.246 e. The average molecular weight is 247 g/mol. The molecule has 3 rings (SSSR count). The molecule has 1 aliphatic carbocycles. The summed E-state index contributed by atoms with van der Waals surface area (Å²) in [5, 5.41) is 0. The summed E-state index contributed by atoms with van der Waals surface area (Å²) < 4.78 is 11.6. The van der Waals surface area contributed by atoms with E-state index in [1.165, 1.54) is 30.4 Å². The third kappa shape index (κ3) is 1.61. The van der Waals surface area contributed by atoms with Crippen molar-refractivity contribution in [1.29, 1.82) is 0 Å². The van der Waals surface area contributed by atoms with Crippen LogP contribution in [0, 0.1) is 6.92 Å². The van der Waals surface area contributed by atoms with Gasteiger partial charge in [-0.1, -0.05) is 6.42 Å². The fourth-order valence-corrected chi connectivity index (χ4v) is 3.13. The average Bonchev–Trinajstić information content (AvgIpc) is 2.51. The van der Waals surface area contributed by atoms with E-state index in [4.69, 9.17) is 15.2 Å². The van der Waals surface area contributed by atoms with Gasteiger partial charge in [0, 0.05) is 25.8 Å². The van der Waals surface area contributed by atoms with Crippen molar-refractivity contribution in [3.63, 3.8) is 0 Å². The Balaban J connectivity index is 2.04. The second-order valence-electron chi connectivity index (χ2n) is 6.06. The second kappa shape index (κ2) is 3.64. The number of hydrogen-bond acceptors (Lipinski definition) is 3. The van der Waals surface area contributed by atoms with E-state index in [1.54, 1.807) is 0 Å². The molecule has 18 heavy (non-hydrogen) atoms. The highest BCUT2D eigenvalue weighted by Crippen LogP contribution is 2.49. The van der Waals surface area contributed by atoms with E-state index in [9.17, 15) is 0 Å². The molecule has 0 aromatic heterocycles. The van der Waals surface area contributed by atoms with Crippen LogP contribution in [0.2, 0.25) is 0 Å². The predicted octanol–water partition coefficient (Wildman–Crippen LogP) is 2.88. The van der Waals surface area contributed by atoms with Gasteiger partial charge in [0.15, 0.2) is 11.5 Å². The van der Waals surface area contributed by atoms with E-state index in [0.717, 1.165) is 18.0 Å². The minimum atomic E-state index is -0.553. The van der Waals surface area contributed by atoms with Gasteiger partial charge in [-0.05, 0) is 43.0 Å². The van der Waals surface area contributed by atoms with Crippen molar-refractivity contribution in [3.8, 4) is 11.5 Å². The van der Waals surface area contributed by atoms with Gasteiger partial charge in [0.05, 0.1) is 0 Å². The fourth-order valence-electron chi connectivity index (χ4n) is 3.13. The van der Waals surface area contributed by atoms with E-state index in [-0.39, 0.29) is 5.41 Å². The number of fused-ring (bicyclic) bond motifs is 1. The molecule has 2 aliphatic rings. The van der Waals surface area contributed by atoms with Crippen LogP contribution in [0.25, 0.3) is 0 Å². The largest absolute Gasteiger partial charge is 0.449 e. The summed E-state index contributed by atoms with van der Waals surface area (Å²) >= 11 is 0. The quantitative estimate of drug-likeness (QED) is 0.874. The van der Waals surface area contributed by atoms with Gasteiger partial charge in [-0.2, -0.15) is 0 Å². The molecule has 3 heteroatoms. The molecule has 0 atom stereocenters. The molecule has 0 amide bonds. The summed E-state index contributed by atoms with van der Waals surface area (Å²) in [5.74, 6) is 1.16. The molecule has 0 spiro atoms. The maximum absolute atomic E-state index is 6.00. The molecule has 1 aromatic rings. The van der Waals surface area contributed by atoms with Crippen molar-refractivity contribution in [3.05, 3.63) is 23.3 Å². The summed E-state index contributed by atoms with van der Waals surface area (Å²) in [4.78, 5) is 0. The minimum Gasteiger partial charge on any atom is -0.449 e. The minimum absolute atomic E-state index is 0.176. The lowest BCUT2D eigenvalue weighted by molar-refractivity contribution is -0.0431. The molecule has 1 heterocycles. The fraction of sp³-hybridized carbons (Fsp3) is 0.600. The molecule has 1 saturated carbocycles. The SMILES string of the molecule is Cc1cc2c(cc1C1(CN)CCC1)OC(C)(C)O2. The van der Waals surface area contributed by atoms with Gasteiger partial charge < -0.3 is 15.2 Å². The predicted molar refractivity (Wildman–Crippen MR) is 71.1 cm³/mol. The monoisotopic (exact) mass is 247 g/mol. The Kier molecular flexibility index (Phi) is 2.39. The molecule has 1 fully saturated rings. The molecule has 0 unspecified atom stereocenters. The second-order valence-corrected chi connectivity index (χ2v) is 6.06. The van der Waals surface area contributed by atoms with Gasteiger partial charge in [-0.25, -0.2) is 0 Å². The zero-order valence-corrected chi connectivity index (χ0v) is 11.4. The zero-order valence-electron chi connectivity index (χ0n) is 11.4. The summed E-state index contributed by atoms with van der Waals surface area (Å²) in [6.07, 6.45) is 3.65. The summed E-state index contributed by atoms with van der Waals surface area (Å²) in [5.41, 5.74) is 8.78. The van der Waals surface area contributed by atoms with Crippen LogP contribution >= 0.6 is 0 Å². The Morgan fingerprint density at radius 2 is 1.78 bits per heavy atom. The molecule has 0 bridgehead atoms. The molecule has 1 aliphatic heterocycles. The number of aryl methyl sites for hydroxylation is 1. The molecular weight excluding hydrogens is 226 g/mol. The Morgan fingerprint density at radius 3 is 2.28 bits per heavy atom. The Morgan fingerprint density at radius 1 is 1.17 bits per heavy atom. The Hall–Kier alpha value is -1.22. The van der Waals surface area contributed by atoms with Crippen molar-refractivity contribution >= 4 is 0 Å². The van der Waals surface area contributed by atoms with E-state index < -0.39 is 5.79 Å². The van der Waals surface area contributed by atoms with Gasteiger partial charge in [-0.3, -0.25) is 0 Å². The van der Waals surface area contributed by atoms with E-state index in [1.807, 2.05) is 13.8 Å². The summed E-state index contributed by atoms with van der Waals surface area (Å²) in [7, 11) is 0. The van der Waals surface area contributed by atoms with E-state index >= 15 is 0 Å². The standard InChI is InChI=1S/C15H21NO2/c1-10-7-12-13(18-14(2,3)17-12)8-11(10)15(9-16)5-4-6-15/h7-8H,4-6,9,16H2,1-3H3. The van der Waals surface area contributed by atoms with Crippen molar-refractivity contribution < 1.29 is 9.47 Å². The maximum Gasteiger partial charge on any atom is 0.246 e. The molecule has 3 nitrogen and oxygen atoms in total. The number of hydrogen-bond donors (Lipinski definition) is 1. The van der Waals surface area contributed by atoms with Gasteiger partial charge in [0.25, 0.3) is 0 Å².